The van der Waals surface area contributed by atoms with Crippen molar-refractivity contribution in [3.05, 3.63) is 24.3 Å². The summed E-state index contributed by atoms with van der Waals surface area (Å²) in [5.74, 6) is -0.0774. The van der Waals surface area contributed by atoms with Crippen molar-refractivity contribution in [1.29, 1.82) is 0 Å². The van der Waals surface area contributed by atoms with Crippen molar-refractivity contribution >= 4 is 23.2 Å². The van der Waals surface area contributed by atoms with Crippen LogP contribution in [0.15, 0.2) is 24.3 Å². The first-order valence-electron chi connectivity index (χ1n) is 9.35. The van der Waals surface area contributed by atoms with E-state index in [9.17, 15) is 9.59 Å². The van der Waals surface area contributed by atoms with Crippen LogP contribution in [-0.2, 0) is 14.3 Å². The molecule has 3 rings (SSSR count). The zero-order valence-electron chi connectivity index (χ0n) is 15.3. The van der Waals surface area contributed by atoms with E-state index in [1.54, 1.807) is 7.05 Å². The molecule has 1 heterocycles. The summed E-state index contributed by atoms with van der Waals surface area (Å²) in [4.78, 5) is 26.3. The van der Waals surface area contributed by atoms with Crippen molar-refractivity contribution in [3.63, 3.8) is 0 Å². The van der Waals surface area contributed by atoms with Gasteiger partial charge in [-0.1, -0.05) is 6.42 Å². The van der Waals surface area contributed by atoms with Crippen molar-refractivity contribution in [2.24, 2.45) is 5.92 Å². The number of nitrogens with zero attached hydrogens (tertiary/aromatic N) is 1. The van der Waals surface area contributed by atoms with Gasteiger partial charge in [0.1, 0.15) is 0 Å². The van der Waals surface area contributed by atoms with Gasteiger partial charge in [-0.05, 0) is 37.1 Å². The molecule has 1 aliphatic heterocycles. The van der Waals surface area contributed by atoms with Gasteiger partial charge < -0.3 is 25.6 Å². The highest BCUT2D eigenvalue weighted by atomic mass is 16.5. The van der Waals surface area contributed by atoms with Crippen LogP contribution in [0.5, 0.6) is 0 Å². The van der Waals surface area contributed by atoms with Crippen molar-refractivity contribution in [3.8, 4) is 0 Å². The molecular weight excluding hydrogens is 332 g/mol. The van der Waals surface area contributed by atoms with Crippen molar-refractivity contribution in [2.75, 3.05) is 50.1 Å². The molecule has 2 fully saturated rings. The first-order chi connectivity index (χ1) is 12.7. The predicted octanol–water partition coefficient (Wildman–Crippen LogP) is 0.966. The molecule has 1 aliphatic carbocycles. The smallest absolute Gasteiger partial charge is 0.238 e. The lowest BCUT2D eigenvalue weighted by atomic mass is 10.0. The van der Waals surface area contributed by atoms with Gasteiger partial charge in [0.05, 0.1) is 25.7 Å². The third kappa shape index (κ3) is 4.74. The summed E-state index contributed by atoms with van der Waals surface area (Å²) < 4.78 is 5.37. The fraction of sp³-hybridized carbons (Fsp3) is 0.579. The third-order valence-corrected chi connectivity index (χ3v) is 5.15. The Hall–Kier alpha value is -2.12. The van der Waals surface area contributed by atoms with Crippen LogP contribution in [0.4, 0.5) is 11.4 Å². The molecule has 1 aromatic carbocycles. The minimum Gasteiger partial charge on any atom is -0.378 e. The summed E-state index contributed by atoms with van der Waals surface area (Å²) in [5, 5.41) is 8.85. The number of carbonyl (C=O) groups is 2. The average Bonchev–Trinajstić information content (AvgIpc) is 3.16. The van der Waals surface area contributed by atoms with Crippen LogP contribution in [0.1, 0.15) is 19.3 Å². The number of hydrogen-bond acceptors (Lipinski definition) is 5. The SMILES string of the molecule is CNC(=O)[C@H]1CCC[C@@H]1NCC(=O)Nc1ccc(N2CCOCC2)cc1. The zero-order valence-corrected chi connectivity index (χ0v) is 15.3. The van der Waals surface area contributed by atoms with Crippen LogP contribution >= 0.6 is 0 Å². The topological polar surface area (TPSA) is 82.7 Å². The molecule has 0 unspecified atom stereocenters. The van der Waals surface area contributed by atoms with Crippen LogP contribution in [0.3, 0.4) is 0 Å². The largest absolute Gasteiger partial charge is 0.378 e. The Morgan fingerprint density at radius 2 is 1.88 bits per heavy atom. The lowest BCUT2D eigenvalue weighted by Gasteiger charge is -2.28. The van der Waals surface area contributed by atoms with Gasteiger partial charge in [-0.3, -0.25) is 9.59 Å². The lowest BCUT2D eigenvalue weighted by Crippen LogP contribution is -2.43. The summed E-state index contributed by atoms with van der Waals surface area (Å²) >= 11 is 0. The maximum absolute atomic E-state index is 12.2. The highest BCUT2D eigenvalue weighted by Crippen LogP contribution is 2.25. The predicted molar refractivity (Wildman–Crippen MR) is 101 cm³/mol. The quantitative estimate of drug-likeness (QED) is 0.704. The van der Waals surface area contributed by atoms with Crippen LogP contribution < -0.4 is 20.9 Å². The molecule has 7 heteroatoms. The second-order valence-electron chi connectivity index (χ2n) is 6.83. The van der Waals surface area contributed by atoms with Crippen LogP contribution in [0.2, 0.25) is 0 Å². The van der Waals surface area contributed by atoms with Gasteiger partial charge in [0.25, 0.3) is 0 Å². The molecule has 7 nitrogen and oxygen atoms in total. The number of nitrogens with one attached hydrogen (secondary N) is 3. The van der Waals surface area contributed by atoms with Gasteiger partial charge >= 0.3 is 0 Å². The Labute approximate surface area is 154 Å². The monoisotopic (exact) mass is 360 g/mol. The molecule has 2 atom stereocenters. The maximum atomic E-state index is 12.2. The molecule has 0 radical (unpaired) electrons. The second kappa shape index (κ2) is 9.00. The van der Waals surface area contributed by atoms with Gasteiger partial charge in [0, 0.05) is 37.6 Å². The molecular formula is C19H28N4O3. The fourth-order valence-electron chi connectivity index (χ4n) is 3.71. The molecule has 3 N–H and O–H groups in total. The molecule has 142 valence electrons. The first kappa shape index (κ1) is 18.7. The second-order valence-corrected chi connectivity index (χ2v) is 6.83. The number of morpholine rings is 1. The number of rotatable bonds is 6. The number of amides is 2. The van der Waals surface area contributed by atoms with E-state index >= 15 is 0 Å². The molecule has 2 amide bonds. The third-order valence-electron chi connectivity index (χ3n) is 5.15. The van der Waals surface area contributed by atoms with Gasteiger partial charge in [-0.15, -0.1) is 0 Å². The molecule has 26 heavy (non-hydrogen) atoms. The highest BCUT2D eigenvalue weighted by Gasteiger charge is 2.32. The Bertz CT molecular complexity index is 614. The minimum atomic E-state index is -0.0910. The summed E-state index contributed by atoms with van der Waals surface area (Å²) in [6, 6.07) is 7.96. The number of ether oxygens (including phenoxy) is 1. The van der Waals surface area contributed by atoms with Crippen LogP contribution in [-0.4, -0.2) is 57.8 Å². The summed E-state index contributed by atoms with van der Waals surface area (Å²) in [7, 11) is 1.66. The lowest BCUT2D eigenvalue weighted by molar-refractivity contribution is -0.125. The standard InChI is InChI=1S/C19H28N4O3/c1-20-19(25)16-3-2-4-17(16)21-13-18(24)22-14-5-7-15(8-6-14)23-9-11-26-12-10-23/h5-8,16-17,21H,2-4,9-13H2,1H3,(H,20,25)(H,22,24)/t16-,17-/m0/s1. The number of anilines is 2. The highest BCUT2D eigenvalue weighted by molar-refractivity contribution is 5.92. The van der Waals surface area contributed by atoms with Crippen molar-refractivity contribution in [2.45, 2.75) is 25.3 Å². The molecule has 0 aromatic heterocycles. The number of benzene rings is 1. The molecule has 1 saturated heterocycles. The molecule has 1 aromatic rings. The fourth-order valence-corrected chi connectivity index (χ4v) is 3.71. The van der Waals surface area contributed by atoms with Gasteiger partial charge in [-0.25, -0.2) is 0 Å². The molecule has 2 aliphatic rings. The van der Waals surface area contributed by atoms with E-state index in [1.807, 2.05) is 24.3 Å². The van der Waals surface area contributed by atoms with E-state index in [1.165, 1.54) is 0 Å². The summed E-state index contributed by atoms with van der Waals surface area (Å²) in [6.07, 6.45) is 2.82. The summed E-state index contributed by atoms with van der Waals surface area (Å²) in [6.45, 7) is 3.50. The van der Waals surface area contributed by atoms with E-state index in [2.05, 4.69) is 20.9 Å². The molecule has 0 bridgehead atoms. The van der Waals surface area contributed by atoms with Gasteiger partial charge in [0.15, 0.2) is 0 Å². The van der Waals surface area contributed by atoms with E-state index < -0.39 is 0 Å². The average molecular weight is 360 g/mol. The minimum absolute atomic E-state index is 0.0411. The van der Waals surface area contributed by atoms with Gasteiger partial charge in [-0.2, -0.15) is 0 Å². The van der Waals surface area contributed by atoms with E-state index in [-0.39, 0.29) is 30.3 Å². The Kier molecular flexibility index (Phi) is 6.46. The number of carbonyl (C=O) groups excluding carboxylic acids is 2. The van der Waals surface area contributed by atoms with E-state index in [0.29, 0.717) is 0 Å². The van der Waals surface area contributed by atoms with Crippen molar-refractivity contribution in [1.82, 2.24) is 10.6 Å². The van der Waals surface area contributed by atoms with Crippen LogP contribution in [0.25, 0.3) is 0 Å². The van der Waals surface area contributed by atoms with Crippen LogP contribution in [0, 0.1) is 5.92 Å². The maximum Gasteiger partial charge on any atom is 0.238 e. The first-order valence-corrected chi connectivity index (χ1v) is 9.35. The zero-order chi connectivity index (χ0) is 18.4. The molecule has 0 spiro atoms. The molecule has 1 saturated carbocycles. The van der Waals surface area contributed by atoms with E-state index in [4.69, 9.17) is 4.74 Å². The number of hydrogen-bond donors (Lipinski definition) is 3. The normalized spacial score (nSPS) is 22.9. The van der Waals surface area contributed by atoms with E-state index in [0.717, 1.165) is 56.9 Å². The van der Waals surface area contributed by atoms with Gasteiger partial charge in [0.2, 0.25) is 11.8 Å². The Balaban J connectivity index is 1.46. The Morgan fingerprint density at radius 1 is 1.15 bits per heavy atom. The Morgan fingerprint density at radius 3 is 2.58 bits per heavy atom. The summed E-state index contributed by atoms with van der Waals surface area (Å²) in [5.41, 5.74) is 1.92. The van der Waals surface area contributed by atoms with Crippen molar-refractivity contribution < 1.29 is 14.3 Å².